The number of nitrogens with one attached hydrogen (secondary N) is 1. The van der Waals surface area contributed by atoms with Crippen molar-refractivity contribution in [3.05, 3.63) is 59.7 Å². The van der Waals surface area contributed by atoms with E-state index in [1.54, 1.807) is 12.1 Å². The molecule has 2 aromatic rings. The zero-order chi connectivity index (χ0) is 14.7. The second-order valence-electron chi connectivity index (χ2n) is 5.26. The van der Waals surface area contributed by atoms with Crippen molar-refractivity contribution in [2.75, 3.05) is 5.32 Å². The highest BCUT2D eigenvalue weighted by atomic mass is 32.2. The highest BCUT2D eigenvalue weighted by molar-refractivity contribution is 7.99. The number of fused-ring (bicyclic) bond motifs is 1. The van der Waals surface area contributed by atoms with Gasteiger partial charge < -0.3 is 5.32 Å². The molecule has 0 amide bonds. The summed E-state index contributed by atoms with van der Waals surface area (Å²) in [6.07, 6.45) is 3.21. The molecule has 110 valence electrons. The molecular formula is C17H17F2NS. The molecule has 2 aromatic carbocycles. The molecule has 1 aliphatic rings. The Bertz CT molecular complexity index is 598. The summed E-state index contributed by atoms with van der Waals surface area (Å²) in [7, 11) is 0. The summed E-state index contributed by atoms with van der Waals surface area (Å²) >= 11 is 0.583. The Labute approximate surface area is 127 Å². The van der Waals surface area contributed by atoms with Crippen LogP contribution in [0.25, 0.3) is 0 Å². The summed E-state index contributed by atoms with van der Waals surface area (Å²) in [6, 6.07) is 16.2. The largest absolute Gasteiger partial charge is 0.382 e. The van der Waals surface area contributed by atoms with Crippen LogP contribution in [-0.2, 0) is 12.8 Å². The van der Waals surface area contributed by atoms with E-state index < -0.39 is 5.76 Å². The van der Waals surface area contributed by atoms with E-state index >= 15 is 0 Å². The first kappa shape index (κ1) is 14.4. The van der Waals surface area contributed by atoms with Gasteiger partial charge in [-0.05, 0) is 54.7 Å². The maximum Gasteiger partial charge on any atom is 0.288 e. The number of anilines is 1. The minimum atomic E-state index is -2.36. The number of rotatable bonds is 4. The molecule has 0 radical (unpaired) electrons. The third kappa shape index (κ3) is 3.76. The molecule has 0 aliphatic heterocycles. The van der Waals surface area contributed by atoms with Gasteiger partial charge in [-0.2, -0.15) is 8.78 Å². The summed E-state index contributed by atoms with van der Waals surface area (Å²) in [6.45, 7) is 0. The number of hydrogen-bond acceptors (Lipinski definition) is 2. The summed E-state index contributed by atoms with van der Waals surface area (Å²) in [5, 5.41) is 3.51. The van der Waals surface area contributed by atoms with Gasteiger partial charge in [-0.3, -0.25) is 0 Å². The molecule has 1 aliphatic carbocycles. The Morgan fingerprint density at radius 2 is 1.71 bits per heavy atom. The number of halogens is 2. The Kier molecular flexibility index (Phi) is 4.44. The zero-order valence-corrected chi connectivity index (χ0v) is 12.4. The minimum Gasteiger partial charge on any atom is -0.382 e. The molecule has 0 fully saturated rings. The molecule has 21 heavy (non-hydrogen) atoms. The predicted octanol–water partition coefficient (Wildman–Crippen LogP) is 4.97. The smallest absolute Gasteiger partial charge is 0.288 e. The normalized spacial score (nSPS) is 17.6. The van der Waals surface area contributed by atoms with Gasteiger partial charge >= 0.3 is 0 Å². The highest BCUT2D eigenvalue weighted by Gasteiger charge is 2.17. The molecule has 0 heterocycles. The summed E-state index contributed by atoms with van der Waals surface area (Å²) in [5.41, 5.74) is 3.85. The van der Waals surface area contributed by atoms with Crippen molar-refractivity contribution < 1.29 is 8.78 Å². The molecule has 3 rings (SSSR count). The minimum absolute atomic E-state index is 0.411. The molecule has 1 atom stereocenters. The fraction of sp³-hybridized carbons (Fsp3) is 0.294. The molecule has 0 spiro atoms. The predicted molar refractivity (Wildman–Crippen MR) is 84.2 cm³/mol. The van der Waals surface area contributed by atoms with Gasteiger partial charge in [-0.15, -0.1) is 0 Å². The van der Waals surface area contributed by atoms with Crippen LogP contribution in [0.1, 0.15) is 17.5 Å². The van der Waals surface area contributed by atoms with E-state index in [1.807, 2.05) is 12.1 Å². The maximum absolute atomic E-state index is 12.3. The van der Waals surface area contributed by atoms with Crippen molar-refractivity contribution in [3.63, 3.8) is 0 Å². The van der Waals surface area contributed by atoms with Crippen LogP contribution >= 0.6 is 11.8 Å². The first-order valence-corrected chi connectivity index (χ1v) is 7.97. The average molecular weight is 305 g/mol. The summed E-state index contributed by atoms with van der Waals surface area (Å²) in [4.78, 5) is 0.601. The van der Waals surface area contributed by atoms with Gasteiger partial charge in [0.1, 0.15) is 0 Å². The standard InChI is InChI=1S/C17H17F2NS/c18-17(19)21-16-9-7-14(8-10-16)20-15-6-5-12-3-1-2-4-13(12)11-15/h1-4,7-10,15,17,20H,5-6,11H2. The molecule has 0 aromatic heterocycles. The van der Waals surface area contributed by atoms with Crippen molar-refractivity contribution >= 4 is 17.4 Å². The molecule has 0 bridgehead atoms. The lowest BCUT2D eigenvalue weighted by Crippen LogP contribution is -2.27. The van der Waals surface area contributed by atoms with Crippen LogP contribution in [0.4, 0.5) is 14.5 Å². The second kappa shape index (κ2) is 6.48. The van der Waals surface area contributed by atoms with Gasteiger partial charge in [0.25, 0.3) is 5.76 Å². The van der Waals surface area contributed by atoms with Crippen LogP contribution in [0.5, 0.6) is 0 Å². The van der Waals surface area contributed by atoms with Crippen molar-refractivity contribution in [1.29, 1.82) is 0 Å². The first-order chi connectivity index (χ1) is 10.2. The SMILES string of the molecule is FC(F)Sc1ccc(NC2CCc3ccccc3C2)cc1. The molecular weight excluding hydrogens is 288 g/mol. The Morgan fingerprint density at radius 1 is 1.00 bits per heavy atom. The van der Waals surface area contributed by atoms with Gasteiger partial charge in [0.2, 0.25) is 0 Å². The third-order valence-electron chi connectivity index (χ3n) is 3.80. The lowest BCUT2D eigenvalue weighted by atomic mass is 9.88. The van der Waals surface area contributed by atoms with E-state index in [2.05, 4.69) is 29.6 Å². The number of aryl methyl sites for hydroxylation is 1. The lowest BCUT2D eigenvalue weighted by molar-refractivity contribution is 0.252. The number of alkyl halides is 2. The van der Waals surface area contributed by atoms with E-state index in [0.29, 0.717) is 22.7 Å². The zero-order valence-electron chi connectivity index (χ0n) is 11.6. The van der Waals surface area contributed by atoms with E-state index in [0.717, 1.165) is 24.9 Å². The number of hydrogen-bond donors (Lipinski definition) is 1. The summed E-state index contributed by atoms with van der Waals surface area (Å²) < 4.78 is 24.6. The molecule has 0 saturated carbocycles. The van der Waals surface area contributed by atoms with Gasteiger partial charge in [0.15, 0.2) is 0 Å². The Morgan fingerprint density at radius 3 is 2.43 bits per heavy atom. The number of thioether (sulfide) groups is 1. The topological polar surface area (TPSA) is 12.0 Å². The molecule has 1 unspecified atom stereocenters. The van der Waals surface area contributed by atoms with Crippen molar-refractivity contribution in [2.45, 2.75) is 36.0 Å². The van der Waals surface area contributed by atoms with Crippen LogP contribution in [0, 0.1) is 0 Å². The van der Waals surface area contributed by atoms with Crippen molar-refractivity contribution in [2.24, 2.45) is 0 Å². The highest BCUT2D eigenvalue weighted by Crippen LogP contribution is 2.27. The number of benzene rings is 2. The fourth-order valence-electron chi connectivity index (χ4n) is 2.79. The third-order valence-corrected chi connectivity index (χ3v) is 4.52. The molecule has 1 N–H and O–H groups in total. The monoisotopic (exact) mass is 305 g/mol. The van der Waals surface area contributed by atoms with E-state index in [9.17, 15) is 8.78 Å². The quantitative estimate of drug-likeness (QED) is 0.800. The fourth-order valence-corrected chi connectivity index (χ4v) is 3.29. The van der Waals surface area contributed by atoms with Crippen LogP contribution < -0.4 is 5.32 Å². The Hall–Kier alpha value is -1.55. The van der Waals surface area contributed by atoms with Crippen LogP contribution in [0.15, 0.2) is 53.4 Å². The van der Waals surface area contributed by atoms with Gasteiger partial charge in [0.05, 0.1) is 0 Å². The van der Waals surface area contributed by atoms with E-state index in [-0.39, 0.29) is 0 Å². The lowest BCUT2D eigenvalue weighted by Gasteiger charge is -2.26. The average Bonchev–Trinajstić information content (AvgIpc) is 2.49. The molecule has 0 saturated heterocycles. The Balaban J connectivity index is 1.62. The molecule has 1 nitrogen and oxygen atoms in total. The first-order valence-electron chi connectivity index (χ1n) is 7.09. The second-order valence-corrected chi connectivity index (χ2v) is 6.32. The van der Waals surface area contributed by atoms with Crippen LogP contribution in [-0.4, -0.2) is 11.8 Å². The van der Waals surface area contributed by atoms with Gasteiger partial charge in [0, 0.05) is 16.6 Å². The van der Waals surface area contributed by atoms with E-state index in [4.69, 9.17) is 0 Å². The van der Waals surface area contributed by atoms with Crippen molar-refractivity contribution in [1.82, 2.24) is 0 Å². The van der Waals surface area contributed by atoms with E-state index in [1.165, 1.54) is 11.1 Å². The molecule has 4 heteroatoms. The van der Waals surface area contributed by atoms with Crippen LogP contribution in [0.3, 0.4) is 0 Å². The van der Waals surface area contributed by atoms with Gasteiger partial charge in [-0.1, -0.05) is 36.0 Å². The van der Waals surface area contributed by atoms with Crippen LogP contribution in [0.2, 0.25) is 0 Å². The van der Waals surface area contributed by atoms with Gasteiger partial charge in [-0.25, -0.2) is 0 Å². The maximum atomic E-state index is 12.3. The summed E-state index contributed by atoms with van der Waals surface area (Å²) in [5.74, 6) is -2.36. The van der Waals surface area contributed by atoms with Crippen molar-refractivity contribution in [3.8, 4) is 0 Å².